The van der Waals surface area contributed by atoms with Crippen LogP contribution in [0.15, 0.2) is 28.7 Å². The van der Waals surface area contributed by atoms with Crippen molar-refractivity contribution in [3.63, 3.8) is 0 Å². The number of rotatable bonds is 2. The van der Waals surface area contributed by atoms with E-state index >= 15 is 0 Å². The number of hydrogen-bond donors (Lipinski definition) is 2. The fourth-order valence-corrected chi connectivity index (χ4v) is 1.58. The molecule has 0 spiro atoms. The zero-order valence-electron chi connectivity index (χ0n) is 7.00. The largest absolute Gasteiger partial charge is 0.288 e. The lowest BCUT2D eigenvalue weighted by Gasteiger charge is -1.98. The zero-order chi connectivity index (χ0) is 10.6. The van der Waals surface area contributed by atoms with Gasteiger partial charge in [0.05, 0.1) is 0 Å². The van der Waals surface area contributed by atoms with Gasteiger partial charge in [0, 0.05) is 15.6 Å². The molecular weight excluding hydrogens is 269 g/mol. The zero-order valence-corrected chi connectivity index (χ0v) is 9.34. The van der Waals surface area contributed by atoms with Crippen LogP contribution in [0.5, 0.6) is 0 Å². The third-order valence-electron chi connectivity index (χ3n) is 1.49. The molecule has 74 valence electrons. The van der Waals surface area contributed by atoms with Crippen LogP contribution < -0.4 is 5.48 Å². The summed E-state index contributed by atoms with van der Waals surface area (Å²) in [6, 6.07) is 5.29. The quantitative estimate of drug-likeness (QED) is 0.495. The molecule has 0 saturated heterocycles. The summed E-state index contributed by atoms with van der Waals surface area (Å²) >= 11 is 9.14. The van der Waals surface area contributed by atoms with E-state index in [4.69, 9.17) is 16.8 Å². The Bertz CT molecular complexity index is 379. The van der Waals surface area contributed by atoms with Crippen LogP contribution in [0.2, 0.25) is 5.02 Å². The van der Waals surface area contributed by atoms with Gasteiger partial charge in [-0.15, -0.1) is 0 Å². The number of nitrogens with one attached hydrogen (secondary N) is 1. The van der Waals surface area contributed by atoms with E-state index in [1.54, 1.807) is 12.1 Å². The van der Waals surface area contributed by atoms with Gasteiger partial charge in [-0.05, 0) is 23.8 Å². The van der Waals surface area contributed by atoms with E-state index in [0.717, 1.165) is 4.47 Å². The summed E-state index contributed by atoms with van der Waals surface area (Å²) in [5, 5.41) is 8.76. The van der Waals surface area contributed by atoms with Gasteiger partial charge in [-0.1, -0.05) is 33.6 Å². The van der Waals surface area contributed by atoms with Gasteiger partial charge >= 0.3 is 0 Å². The van der Waals surface area contributed by atoms with Crippen molar-refractivity contribution in [2.45, 2.75) is 0 Å². The van der Waals surface area contributed by atoms with E-state index in [1.807, 2.05) is 6.07 Å². The summed E-state index contributed by atoms with van der Waals surface area (Å²) in [6.45, 7) is 0. The van der Waals surface area contributed by atoms with Crippen molar-refractivity contribution < 1.29 is 10.0 Å². The molecule has 0 unspecified atom stereocenters. The Balaban J connectivity index is 2.87. The highest BCUT2D eigenvalue weighted by Gasteiger charge is 1.97. The average Bonchev–Trinajstić information content (AvgIpc) is 2.16. The second-order valence-corrected chi connectivity index (χ2v) is 3.80. The molecular formula is C9H7BrClNO2. The summed E-state index contributed by atoms with van der Waals surface area (Å²) in [7, 11) is 0. The molecule has 0 aliphatic heterocycles. The molecule has 1 aromatic rings. The van der Waals surface area contributed by atoms with Crippen LogP contribution in [-0.4, -0.2) is 11.1 Å². The van der Waals surface area contributed by atoms with Crippen molar-refractivity contribution in [3.05, 3.63) is 39.3 Å². The maximum absolute atomic E-state index is 10.7. The number of benzene rings is 1. The first-order valence-electron chi connectivity index (χ1n) is 3.70. The molecule has 14 heavy (non-hydrogen) atoms. The van der Waals surface area contributed by atoms with E-state index in [2.05, 4.69) is 15.9 Å². The molecule has 0 heterocycles. The first kappa shape index (κ1) is 11.2. The van der Waals surface area contributed by atoms with Crippen LogP contribution in [-0.2, 0) is 4.79 Å². The molecule has 0 bridgehead atoms. The Kier molecular flexibility index (Phi) is 4.13. The summed E-state index contributed by atoms with van der Waals surface area (Å²) in [6.07, 6.45) is 2.70. The predicted octanol–water partition coefficient (Wildman–Crippen LogP) is 2.62. The van der Waals surface area contributed by atoms with E-state index < -0.39 is 5.91 Å². The lowest BCUT2D eigenvalue weighted by atomic mass is 10.2. The van der Waals surface area contributed by atoms with Crippen LogP contribution in [0.4, 0.5) is 0 Å². The Hall–Kier alpha value is -0.840. The highest BCUT2D eigenvalue weighted by molar-refractivity contribution is 9.10. The van der Waals surface area contributed by atoms with Crippen molar-refractivity contribution in [2.24, 2.45) is 0 Å². The molecule has 0 fully saturated rings. The summed E-state index contributed by atoms with van der Waals surface area (Å²) in [5.41, 5.74) is 2.19. The first-order chi connectivity index (χ1) is 6.63. The number of carbonyl (C=O) groups is 1. The fourth-order valence-electron chi connectivity index (χ4n) is 0.839. The Morgan fingerprint density at radius 2 is 2.29 bits per heavy atom. The monoisotopic (exact) mass is 275 g/mol. The number of hydroxylamine groups is 1. The van der Waals surface area contributed by atoms with Crippen molar-refractivity contribution >= 4 is 39.5 Å². The van der Waals surface area contributed by atoms with Gasteiger partial charge in [0.25, 0.3) is 5.91 Å². The minimum Gasteiger partial charge on any atom is -0.288 e. The second-order valence-electron chi connectivity index (χ2n) is 2.48. The van der Waals surface area contributed by atoms with E-state index in [-0.39, 0.29) is 0 Å². The third kappa shape index (κ3) is 3.14. The van der Waals surface area contributed by atoms with E-state index in [9.17, 15) is 4.79 Å². The molecule has 0 saturated carbocycles. The molecule has 2 N–H and O–H groups in total. The number of halogens is 2. The second kappa shape index (κ2) is 5.14. The Morgan fingerprint density at radius 1 is 1.57 bits per heavy atom. The van der Waals surface area contributed by atoms with E-state index in [1.165, 1.54) is 17.6 Å². The molecule has 5 heteroatoms. The van der Waals surface area contributed by atoms with Gasteiger partial charge in [0.15, 0.2) is 0 Å². The molecule has 3 nitrogen and oxygen atoms in total. The average molecular weight is 277 g/mol. The van der Waals surface area contributed by atoms with Crippen LogP contribution in [0.3, 0.4) is 0 Å². The van der Waals surface area contributed by atoms with Crippen molar-refractivity contribution in [1.82, 2.24) is 5.48 Å². The molecule has 1 amide bonds. The lowest BCUT2D eigenvalue weighted by molar-refractivity contribution is -0.124. The van der Waals surface area contributed by atoms with Gasteiger partial charge in [-0.25, -0.2) is 5.48 Å². The fraction of sp³-hybridized carbons (Fsp3) is 0. The van der Waals surface area contributed by atoms with Gasteiger partial charge in [-0.2, -0.15) is 0 Å². The minimum absolute atomic E-state index is 0.529. The lowest BCUT2D eigenvalue weighted by Crippen LogP contribution is -2.14. The Morgan fingerprint density at radius 3 is 2.86 bits per heavy atom. The van der Waals surface area contributed by atoms with Gasteiger partial charge in [0.2, 0.25) is 0 Å². The van der Waals surface area contributed by atoms with Crippen LogP contribution in [0.25, 0.3) is 6.08 Å². The summed E-state index contributed by atoms with van der Waals surface area (Å²) in [4.78, 5) is 10.7. The van der Waals surface area contributed by atoms with Crippen LogP contribution in [0, 0.1) is 0 Å². The smallest absolute Gasteiger partial charge is 0.267 e. The standard InChI is InChI=1S/C9H7BrClNO2/c10-7-3-1-6(8(11)5-7)2-4-9(13)12-14/h1-5,14H,(H,12,13). The molecule has 0 aliphatic carbocycles. The SMILES string of the molecule is O=C(C=Cc1ccc(Br)cc1Cl)NO. The highest BCUT2D eigenvalue weighted by Crippen LogP contribution is 2.22. The topological polar surface area (TPSA) is 49.3 Å². The summed E-state index contributed by atoms with van der Waals surface area (Å²) < 4.78 is 0.867. The Labute approximate surface area is 94.5 Å². The van der Waals surface area contributed by atoms with Gasteiger partial charge in [-0.3, -0.25) is 10.0 Å². The van der Waals surface area contributed by atoms with Crippen LogP contribution in [0.1, 0.15) is 5.56 Å². The van der Waals surface area contributed by atoms with Crippen molar-refractivity contribution in [2.75, 3.05) is 0 Å². The highest BCUT2D eigenvalue weighted by atomic mass is 79.9. The minimum atomic E-state index is -0.594. The maximum atomic E-state index is 10.7. The van der Waals surface area contributed by atoms with Crippen molar-refractivity contribution in [3.8, 4) is 0 Å². The number of hydrogen-bond acceptors (Lipinski definition) is 2. The normalized spacial score (nSPS) is 10.5. The molecule has 1 rings (SSSR count). The predicted molar refractivity (Wildman–Crippen MR) is 58.1 cm³/mol. The molecule has 0 radical (unpaired) electrons. The van der Waals surface area contributed by atoms with Crippen LogP contribution >= 0.6 is 27.5 Å². The number of carbonyl (C=O) groups excluding carboxylic acids is 1. The van der Waals surface area contributed by atoms with Crippen molar-refractivity contribution in [1.29, 1.82) is 0 Å². The molecule has 0 atom stereocenters. The molecule has 0 aliphatic rings. The number of amides is 1. The summed E-state index contributed by atoms with van der Waals surface area (Å²) in [5.74, 6) is -0.594. The van der Waals surface area contributed by atoms with E-state index in [0.29, 0.717) is 10.6 Å². The van der Waals surface area contributed by atoms with Gasteiger partial charge < -0.3 is 0 Å². The third-order valence-corrected chi connectivity index (χ3v) is 2.31. The molecule has 1 aromatic carbocycles. The van der Waals surface area contributed by atoms with Gasteiger partial charge in [0.1, 0.15) is 0 Å². The molecule has 0 aromatic heterocycles. The first-order valence-corrected chi connectivity index (χ1v) is 4.88. The maximum Gasteiger partial charge on any atom is 0.267 e.